The third kappa shape index (κ3) is 14.0. The van der Waals surface area contributed by atoms with E-state index in [1.807, 2.05) is 60.7 Å². The summed E-state index contributed by atoms with van der Waals surface area (Å²) in [6, 6.07) is 31.3. The van der Waals surface area contributed by atoms with Crippen LogP contribution < -0.4 is 26.6 Å². The molecule has 1 saturated carbocycles. The third-order valence-electron chi connectivity index (χ3n) is 12.5. The van der Waals surface area contributed by atoms with Crippen LogP contribution in [-0.2, 0) is 32.0 Å². The van der Waals surface area contributed by atoms with Crippen molar-refractivity contribution in [2.24, 2.45) is 5.92 Å². The molecule has 4 aromatic rings. The van der Waals surface area contributed by atoms with Gasteiger partial charge in [0.15, 0.2) is 0 Å². The Balaban J connectivity index is 1.04. The Hall–Kier alpha value is -6.41. The van der Waals surface area contributed by atoms with E-state index in [-0.39, 0.29) is 74.6 Å². The molecule has 1 saturated heterocycles. The van der Waals surface area contributed by atoms with E-state index in [1.54, 1.807) is 67.4 Å². The van der Waals surface area contributed by atoms with Crippen LogP contribution in [-0.4, -0.2) is 116 Å². The molecule has 4 atom stereocenters. The molecule has 65 heavy (non-hydrogen) atoms. The summed E-state index contributed by atoms with van der Waals surface area (Å²) in [7, 11) is 1.68. The first kappa shape index (κ1) is 48.1. The molecule has 2 fully saturated rings. The summed E-state index contributed by atoms with van der Waals surface area (Å²) in [5.41, 5.74) is 4.47. The van der Waals surface area contributed by atoms with Gasteiger partial charge in [-0.25, -0.2) is 4.39 Å². The molecular formula is C51H62FN7O6. The number of amides is 6. The second kappa shape index (κ2) is 24.0. The fourth-order valence-corrected chi connectivity index (χ4v) is 8.53. The summed E-state index contributed by atoms with van der Waals surface area (Å²) in [5, 5.41) is 14.1. The van der Waals surface area contributed by atoms with Gasteiger partial charge in [-0.3, -0.25) is 28.8 Å². The van der Waals surface area contributed by atoms with Crippen LogP contribution in [0.1, 0.15) is 77.3 Å². The van der Waals surface area contributed by atoms with Gasteiger partial charge in [-0.05, 0) is 92.1 Å². The van der Waals surface area contributed by atoms with Crippen LogP contribution in [0.5, 0.6) is 0 Å². The molecule has 0 aromatic heterocycles. The summed E-state index contributed by atoms with van der Waals surface area (Å²) in [4.78, 5) is 82.9. The van der Waals surface area contributed by atoms with Crippen molar-refractivity contribution in [3.05, 3.63) is 131 Å². The first-order valence-electron chi connectivity index (χ1n) is 22.8. The normalized spacial score (nSPS) is 17.1. The molecule has 4 aromatic carbocycles. The minimum absolute atomic E-state index is 0.0579. The predicted octanol–water partition coefficient (Wildman–Crippen LogP) is 4.86. The number of carbonyl (C=O) groups is 6. The first-order chi connectivity index (χ1) is 31.5. The van der Waals surface area contributed by atoms with Crippen molar-refractivity contribution in [1.82, 2.24) is 36.4 Å². The minimum Gasteiger partial charge on any atom is -0.354 e. The van der Waals surface area contributed by atoms with Crippen molar-refractivity contribution in [1.29, 1.82) is 0 Å². The molecule has 0 bridgehead atoms. The number of rotatable bonds is 20. The number of likely N-dealkylation sites (N-methyl/N-ethyl adjacent to an activating group) is 1. The minimum atomic E-state index is -1.28. The van der Waals surface area contributed by atoms with Crippen LogP contribution in [0.3, 0.4) is 0 Å². The van der Waals surface area contributed by atoms with Crippen LogP contribution in [0.4, 0.5) is 4.39 Å². The molecule has 0 unspecified atom stereocenters. The van der Waals surface area contributed by atoms with E-state index in [1.165, 1.54) is 4.90 Å². The van der Waals surface area contributed by atoms with Gasteiger partial charge in [0.25, 0.3) is 11.8 Å². The van der Waals surface area contributed by atoms with Gasteiger partial charge >= 0.3 is 0 Å². The van der Waals surface area contributed by atoms with E-state index >= 15 is 4.39 Å². The van der Waals surface area contributed by atoms with Gasteiger partial charge in [0.2, 0.25) is 23.6 Å². The highest BCUT2D eigenvalue weighted by molar-refractivity contribution is 5.98. The van der Waals surface area contributed by atoms with Crippen molar-refractivity contribution in [3.63, 3.8) is 0 Å². The van der Waals surface area contributed by atoms with E-state index in [9.17, 15) is 28.8 Å². The Morgan fingerprint density at radius 3 is 1.83 bits per heavy atom. The first-order valence-corrected chi connectivity index (χ1v) is 22.8. The van der Waals surface area contributed by atoms with Gasteiger partial charge < -0.3 is 36.4 Å². The number of alkyl halides is 1. The van der Waals surface area contributed by atoms with Crippen molar-refractivity contribution >= 4 is 35.4 Å². The fourth-order valence-electron chi connectivity index (χ4n) is 8.53. The average molecular weight is 888 g/mol. The zero-order chi connectivity index (χ0) is 46.1. The Bertz CT molecular complexity index is 2200. The second-order valence-electron chi connectivity index (χ2n) is 17.1. The van der Waals surface area contributed by atoms with E-state index in [0.717, 1.165) is 54.4 Å². The zero-order valence-corrected chi connectivity index (χ0v) is 37.4. The number of likely N-dealkylation sites (tertiary alicyclic amines) is 1. The third-order valence-corrected chi connectivity index (χ3v) is 12.5. The lowest BCUT2D eigenvalue weighted by Crippen LogP contribution is -2.58. The standard InChI is InChI=1S/C51H62FN7O6/c1-35(53-2)48(62)57-47(40-16-10-5-11-17-40)51(65)59-33-43(52)30-44(59)34-58(29-27-37-14-8-4-9-15-37)46(61)32-56-50(64)42-24-20-39(21-25-42)38-18-22-41(23-19-38)49(63)55-31-45(60)54-28-26-36-12-6-3-7-13-36/h3-4,6-9,12-15,18-25,35,40,43-44,47,53H,5,10-11,16-17,26-34H2,1-2H3,(H,54,60)(H,55,63)(H,56,64)(H,57,62)/t35-,43+,44-,47-/m0/s1. The van der Waals surface area contributed by atoms with Crippen molar-refractivity contribution in [2.75, 3.05) is 46.3 Å². The maximum absolute atomic E-state index is 15.3. The summed E-state index contributed by atoms with van der Waals surface area (Å²) < 4.78 is 15.3. The molecule has 13 nitrogen and oxygen atoms in total. The molecule has 6 amide bonds. The number of carbonyl (C=O) groups excluding carboxylic acids is 6. The van der Waals surface area contributed by atoms with Crippen molar-refractivity contribution < 1.29 is 33.2 Å². The zero-order valence-electron chi connectivity index (χ0n) is 37.4. The molecule has 0 spiro atoms. The Labute approximate surface area is 381 Å². The maximum Gasteiger partial charge on any atom is 0.251 e. The number of hydrogen-bond donors (Lipinski definition) is 5. The average Bonchev–Trinajstić information content (AvgIpc) is 3.72. The molecular weight excluding hydrogens is 826 g/mol. The van der Waals surface area contributed by atoms with Gasteiger partial charge in [0, 0.05) is 37.2 Å². The summed E-state index contributed by atoms with van der Waals surface area (Å²) in [6.07, 6.45) is 4.54. The highest BCUT2D eigenvalue weighted by Crippen LogP contribution is 2.30. The Kier molecular flexibility index (Phi) is 17.8. The molecule has 2 aliphatic rings. The van der Waals surface area contributed by atoms with Gasteiger partial charge in [-0.1, -0.05) is 104 Å². The molecule has 344 valence electrons. The molecule has 1 aliphatic heterocycles. The van der Waals surface area contributed by atoms with Gasteiger partial charge in [0.1, 0.15) is 12.2 Å². The summed E-state index contributed by atoms with van der Waals surface area (Å²) >= 11 is 0. The van der Waals surface area contributed by atoms with E-state index in [4.69, 9.17) is 0 Å². The van der Waals surface area contributed by atoms with E-state index < -0.39 is 30.2 Å². The lowest BCUT2D eigenvalue weighted by molar-refractivity contribution is -0.141. The summed E-state index contributed by atoms with van der Waals surface area (Å²) in [5.74, 6) is -2.15. The van der Waals surface area contributed by atoms with Crippen molar-refractivity contribution in [2.45, 2.75) is 82.6 Å². The van der Waals surface area contributed by atoms with Crippen molar-refractivity contribution in [3.8, 4) is 11.1 Å². The monoisotopic (exact) mass is 887 g/mol. The Morgan fingerprint density at radius 2 is 1.26 bits per heavy atom. The number of hydrogen-bond acceptors (Lipinski definition) is 7. The second-order valence-corrected chi connectivity index (χ2v) is 17.1. The van der Waals surface area contributed by atoms with Crippen LogP contribution >= 0.6 is 0 Å². The SMILES string of the molecule is CN[C@@H](C)C(=O)N[C@H](C(=O)N1C[C@H](F)C[C@H]1CN(CCc1ccccc1)C(=O)CNC(=O)c1ccc(-c2ccc(C(=O)NCC(=O)NCCc3ccccc3)cc2)cc1)C1CCCCC1. The predicted molar refractivity (Wildman–Crippen MR) is 248 cm³/mol. The highest BCUT2D eigenvalue weighted by Gasteiger charge is 2.42. The molecule has 1 aliphatic carbocycles. The van der Waals surface area contributed by atoms with Crippen LogP contribution in [0.15, 0.2) is 109 Å². The topological polar surface area (TPSA) is 169 Å². The number of nitrogens with one attached hydrogen (secondary N) is 5. The number of nitrogens with zero attached hydrogens (tertiary/aromatic N) is 2. The maximum atomic E-state index is 15.3. The molecule has 5 N–H and O–H groups in total. The molecule has 14 heteroatoms. The molecule has 0 radical (unpaired) electrons. The number of halogens is 1. The van der Waals surface area contributed by atoms with Crippen LogP contribution in [0.25, 0.3) is 11.1 Å². The van der Waals surface area contributed by atoms with Gasteiger partial charge in [-0.2, -0.15) is 0 Å². The number of benzene rings is 4. The quantitative estimate of drug-likeness (QED) is 0.0846. The highest BCUT2D eigenvalue weighted by atomic mass is 19.1. The van der Waals surface area contributed by atoms with Gasteiger partial charge in [0.05, 0.1) is 31.7 Å². The lowest BCUT2D eigenvalue weighted by atomic mass is 9.83. The van der Waals surface area contributed by atoms with Crippen LogP contribution in [0.2, 0.25) is 0 Å². The van der Waals surface area contributed by atoms with E-state index in [2.05, 4.69) is 26.6 Å². The Morgan fingerprint density at radius 1 is 0.708 bits per heavy atom. The van der Waals surface area contributed by atoms with E-state index in [0.29, 0.717) is 30.5 Å². The fraction of sp³-hybridized carbons (Fsp3) is 0.412. The largest absolute Gasteiger partial charge is 0.354 e. The smallest absolute Gasteiger partial charge is 0.251 e. The molecule has 1 heterocycles. The molecule has 6 rings (SSSR count). The van der Waals surface area contributed by atoms with Crippen LogP contribution in [0, 0.1) is 5.92 Å². The summed E-state index contributed by atoms with van der Waals surface area (Å²) in [6.45, 7) is 1.99. The lowest BCUT2D eigenvalue weighted by Gasteiger charge is -2.36. The van der Waals surface area contributed by atoms with Gasteiger partial charge in [-0.15, -0.1) is 0 Å².